The minimum Gasteiger partial charge on any atom is -0.451 e. The van der Waals surface area contributed by atoms with Crippen molar-refractivity contribution in [3.8, 4) is 17.0 Å². The van der Waals surface area contributed by atoms with Crippen LogP contribution >= 0.6 is 0 Å². The molecule has 2 heterocycles. The zero-order chi connectivity index (χ0) is 20.2. The topological polar surface area (TPSA) is 115 Å². The number of aromatic nitrogens is 4. The predicted molar refractivity (Wildman–Crippen MR) is 98.2 cm³/mol. The first-order valence-corrected chi connectivity index (χ1v) is 8.40. The van der Waals surface area contributed by atoms with Gasteiger partial charge in [-0.15, -0.1) is 5.10 Å². The molecule has 0 spiro atoms. The average molecular weight is 392 g/mol. The lowest BCUT2D eigenvalue weighted by Gasteiger charge is -2.07. The number of tetrazole rings is 1. The molecule has 9 nitrogen and oxygen atoms in total. The van der Waals surface area contributed by atoms with Gasteiger partial charge in [0.25, 0.3) is 5.91 Å². The minimum absolute atomic E-state index is 0.0717. The van der Waals surface area contributed by atoms with Crippen LogP contribution < -0.4 is 10.9 Å². The third kappa shape index (κ3) is 3.86. The molecule has 0 saturated carbocycles. The number of furan rings is 1. The van der Waals surface area contributed by atoms with Gasteiger partial charge in [0.2, 0.25) is 0 Å². The van der Waals surface area contributed by atoms with E-state index in [2.05, 4.69) is 26.4 Å². The highest BCUT2D eigenvalue weighted by Gasteiger charge is 2.15. The summed E-state index contributed by atoms with van der Waals surface area (Å²) in [5.41, 5.74) is 5.77. The van der Waals surface area contributed by atoms with E-state index in [0.29, 0.717) is 11.3 Å². The summed E-state index contributed by atoms with van der Waals surface area (Å²) in [4.78, 5) is 24.4. The van der Waals surface area contributed by atoms with Gasteiger partial charge in [-0.2, -0.15) is 0 Å². The Hall–Kier alpha value is -4.34. The number of hydrazine groups is 1. The summed E-state index contributed by atoms with van der Waals surface area (Å²) < 4.78 is 20.6. The molecule has 2 aromatic heterocycles. The number of rotatable bonds is 4. The van der Waals surface area contributed by atoms with Crippen LogP contribution in [0.25, 0.3) is 17.0 Å². The molecule has 0 aliphatic rings. The van der Waals surface area contributed by atoms with Gasteiger partial charge in [0, 0.05) is 5.56 Å². The van der Waals surface area contributed by atoms with Gasteiger partial charge in [0.05, 0.1) is 11.3 Å². The molecule has 0 saturated heterocycles. The highest BCUT2D eigenvalue weighted by molar-refractivity contribution is 5.98. The van der Waals surface area contributed by atoms with Crippen LogP contribution in [-0.4, -0.2) is 32.0 Å². The maximum atomic E-state index is 13.8. The first kappa shape index (κ1) is 18.0. The zero-order valence-electron chi connectivity index (χ0n) is 14.7. The molecular formula is C19H13FN6O3. The molecular weight excluding hydrogens is 379 g/mol. The summed E-state index contributed by atoms with van der Waals surface area (Å²) in [7, 11) is 0. The fourth-order valence-electron chi connectivity index (χ4n) is 2.56. The van der Waals surface area contributed by atoms with E-state index in [4.69, 9.17) is 4.42 Å². The molecule has 4 rings (SSSR count). The molecule has 0 unspecified atom stereocenters. The third-order valence-corrected chi connectivity index (χ3v) is 4.00. The molecule has 0 radical (unpaired) electrons. The average Bonchev–Trinajstić information content (AvgIpc) is 3.44. The van der Waals surface area contributed by atoms with Crippen molar-refractivity contribution in [3.63, 3.8) is 0 Å². The van der Waals surface area contributed by atoms with E-state index in [1.807, 2.05) is 0 Å². The van der Waals surface area contributed by atoms with Gasteiger partial charge in [0.15, 0.2) is 5.76 Å². The first-order valence-electron chi connectivity index (χ1n) is 8.40. The van der Waals surface area contributed by atoms with Crippen molar-refractivity contribution in [1.29, 1.82) is 0 Å². The lowest BCUT2D eigenvalue weighted by Crippen LogP contribution is -2.41. The summed E-state index contributed by atoms with van der Waals surface area (Å²) in [5.74, 6) is -1.53. The van der Waals surface area contributed by atoms with E-state index < -0.39 is 17.6 Å². The molecule has 0 aliphatic carbocycles. The second kappa shape index (κ2) is 7.72. The van der Waals surface area contributed by atoms with Crippen molar-refractivity contribution < 1.29 is 18.4 Å². The van der Waals surface area contributed by atoms with Crippen LogP contribution in [0.3, 0.4) is 0 Å². The van der Waals surface area contributed by atoms with Crippen LogP contribution in [0.1, 0.15) is 20.9 Å². The largest absolute Gasteiger partial charge is 0.451 e. The quantitative estimate of drug-likeness (QED) is 0.514. The highest BCUT2D eigenvalue weighted by atomic mass is 19.1. The summed E-state index contributed by atoms with van der Waals surface area (Å²) in [5, 5.41) is 10.8. The first-order chi connectivity index (χ1) is 14.1. The van der Waals surface area contributed by atoms with Crippen LogP contribution in [0, 0.1) is 5.82 Å². The number of amides is 2. The van der Waals surface area contributed by atoms with E-state index in [-0.39, 0.29) is 17.1 Å². The molecule has 2 aromatic carbocycles. The Morgan fingerprint density at radius 2 is 1.69 bits per heavy atom. The maximum absolute atomic E-state index is 13.8. The number of nitrogens with one attached hydrogen (secondary N) is 2. The van der Waals surface area contributed by atoms with Gasteiger partial charge in [-0.3, -0.25) is 20.4 Å². The van der Waals surface area contributed by atoms with E-state index in [1.165, 1.54) is 35.3 Å². The van der Waals surface area contributed by atoms with Crippen LogP contribution in [0.5, 0.6) is 0 Å². The molecule has 29 heavy (non-hydrogen) atoms. The van der Waals surface area contributed by atoms with Gasteiger partial charge >= 0.3 is 5.91 Å². The van der Waals surface area contributed by atoms with Gasteiger partial charge in [-0.05, 0) is 59.0 Å². The van der Waals surface area contributed by atoms with Crippen molar-refractivity contribution in [3.05, 3.63) is 84.1 Å². The Balaban J connectivity index is 1.38. The number of carbonyl (C=O) groups excluding carboxylic acids is 2. The third-order valence-electron chi connectivity index (χ3n) is 4.00. The van der Waals surface area contributed by atoms with Crippen molar-refractivity contribution in [1.82, 2.24) is 31.1 Å². The monoisotopic (exact) mass is 392 g/mol. The SMILES string of the molecule is O=C(NNC(=O)c1ccc(-c2ccccc2F)o1)c1ccc(-n2cnnn2)cc1. The molecule has 2 N–H and O–H groups in total. The molecule has 2 amide bonds. The highest BCUT2D eigenvalue weighted by Crippen LogP contribution is 2.24. The van der Waals surface area contributed by atoms with Gasteiger partial charge in [-0.25, -0.2) is 9.07 Å². The molecule has 4 aromatic rings. The zero-order valence-corrected chi connectivity index (χ0v) is 14.7. The second-order valence-corrected chi connectivity index (χ2v) is 5.85. The molecule has 0 fully saturated rings. The Morgan fingerprint density at radius 1 is 0.931 bits per heavy atom. The summed E-state index contributed by atoms with van der Waals surface area (Å²) in [6, 6.07) is 15.3. The van der Waals surface area contributed by atoms with Crippen LogP contribution in [0.2, 0.25) is 0 Å². The number of hydrogen-bond donors (Lipinski definition) is 2. The molecule has 10 heteroatoms. The van der Waals surface area contributed by atoms with Crippen molar-refractivity contribution in [2.75, 3.05) is 0 Å². The number of nitrogens with zero attached hydrogens (tertiary/aromatic N) is 4. The fourth-order valence-corrected chi connectivity index (χ4v) is 2.56. The predicted octanol–water partition coefficient (Wildman–Crippen LogP) is 2.14. The van der Waals surface area contributed by atoms with Gasteiger partial charge < -0.3 is 4.42 Å². The van der Waals surface area contributed by atoms with Gasteiger partial charge in [-0.1, -0.05) is 12.1 Å². The Bertz CT molecular complexity index is 1150. The van der Waals surface area contributed by atoms with Crippen molar-refractivity contribution in [2.45, 2.75) is 0 Å². The molecule has 144 valence electrons. The smallest absolute Gasteiger partial charge is 0.305 e. The van der Waals surface area contributed by atoms with Crippen molar-refractivity contribution >= 4 is 11.8 Å². The summed E-state index contributed by atoms with van der Waals surface area (Å²) >= 11 is 0. The van der Waals surface area contributed by atoms with E-state index in [9.17, 15) is 14.0 Å². The molecule has 0 aliphatic heterocycles. The van der Waals surface area contributed by atoms with E-state index in [1.54, 1.807) is 36.4 Å². The van der Waals surface area contributed by atoms with E-state index >= 15 is 0 Å². The Morgan fingerprint density at radius 3 is 2.41 bits per heavy atom. The Labute approximate surface area is 163 Å². The summed E-state index contributed by atoms with van der Waals surface area (Å²) in [6.45, 7) is 0. The number of hydrogen-bond acceptors (Lipinski definition) is 6. The fraction of sp³-hybridized carbons (Fsp3) is 0. The second-order valence-electron chi connectivity index (χ2n) is 5.85. The normalized spacial score (nSPS) is 10.5. The number of halogens is 1. The van der Waals surface area contributed by atoms with E-state index in [0.717, 1.165) is 0 Å². The van der Waals surface area contributed by atoms with Crippen LogP contribution in [0.4, 0.5) is 4.39 Å². The molecule has 0 bridgehead atoms. The minimum atomic E-state index is -0.675. The summed E-state index contributed by atoms with van der Waals surface area (Å²) in [6.07, 6.45) is 1.42. The van der Waals surface area contributed by atoms with Crippen LogP contribution in [0.15, 0.2) is 71.4 Å². The number of carbonyl (C=O) groups is 2. The standard InChI is InChI=1S/C19H13FN6O3/c20-15-4-2-1-3-14(15)16-9-10-17(29-16)19(28)23-22-18(27)12-5-7-13(8-6-12)26-11-21-24-25-26/h1-11H,(H,22,27)(H,23,28). The van der Waals surface area contributed by atoms with Crippen LogP contribution in [-0.2, 0) is 0 Å². The Kier molecular flexibility index (Phi) is 4.81. The maximum Gasteiger partial charge on any atom is 0.305 e. The van der Waals surface area contributed by atoms with Gasteiger partial charge in [0.1, 0.15) is 17.9 Å². The van der Waals surface area contributed by atoms with Crippen molar-refractivity contribution in [2.24, 2.45) is 0 Å². The number of benzene rings is 2. The lowest BCUT2D eigenvalue weighted by molar-refractivity contribution is 0.0831. The lowest BCUT2D eigenvalue weighted by atomic mass is 10.1. The molecule has 0 atom stereocenters.